The highest BCUT2D eigenvalue weighted by Crippen LogP contribution is 2.33. The Morgan fingerprint density at radius 3 is 2.79 bits per heavy atom. The van der Waals surface area contributed by atoms with Crippen LogP contribution in [0.4, 0.5) is 0 Å². The maximum absolute atomic E-state index is 9.69. The van der Waals surface area contributed by atoms with E-state index in [9.17, 15) is 5.11 Å². The summed E-state index contributed by atoms with van der Waals surface area (Å²) in [5.41, 5.74) is 2.08. The molecular formula is C16H16O3. The van der Waals surface area contributed by atoms with E-state index in [0.29, 0.717) is 19.6 Å². The van der Waals surface area contributed by atoms with Crippen molar-refractivity contribution in [3.8, 4) is 11.5 Å². The third kappa shape index (κ3) is 2.71. The minimum Gasteiger partial charge on any atom is -0.490 e. The highest BCUT2D eigenvalue weighted by atomic mass is 16.5. The molecule has 1 atom stereocenters. The van der Waals surface area contributed by atoms with E-state index in [1.54, 1.807) is 0 Å². The van der Waals surface area contributed by atoms with Crippen LogP contribution in [0.25, 0.3) is 0 Å². The minimum atomic E-state index is -0.450. The molecule has 0 amide bonds. The Labute approximate surface area is 112 Å². The van der Waals surface area contributed by atoms with E-state index >= 15 is 0 Å². The van der Waals surface area contributed by atoms with Gasteiger partial charge in [0.05, 0.1) is 6.10 Å². The molecular weight excluding hydrogens is 240 g/mol. The Bertz CT molecular complexity index is 551. The van der Waals surface area contributed by atoms with Gasteiger partial charge in [-0.3, -0.25) is 0 Å². The lowest BCUT2D eigenvalue weighted by atomic mass is 10.0. The molecule has 1 aliphatic rings. The lowest BCUT2D eigenvalue weighted by molar-refractivity contribution is 0.0902. The van der Waals surface area contributed by atoms with E-state index in [1.807, 2.05) is 48.5 Å². The summed E-state index contributed by atoms with van der Waals surface area (Å²) in [6.45, 7) is 0.878. The van der Waals surface area contributed by atoms with Crippen molar-refractivity contribution < 1.29 is 14.6 Å². The smallest absolute Gasteiger partial charge is 0.126 e. The molecule has 0 spiro atoms. The lowest BCUT2D eigenvalue weighted by Crippen LogP contribution is -2.25. The van der Waals surface area contributed by atoms with Gasteiger partial charge in [-0.15, -0.1) is 0 Å². The quantitative estimate of drug-likeness (QED) is 0.917. The predicted molar refractivity (Wildman–Crippen MR) is 72.4 cm³/mol. The van der Waals surface area contributed by atoms with Crippen molar-refractivity contribution in [1.82, 2.24) is 0 Å². The fourth-order valence-electron chi connectivity index (χ4n) is 2.23. The summed E-state index contributed by atoms with van der Waals surface area (Å²) in [5.74, 6) is 1.61. The van der Waals surface area contributed by atoms with Gasteiger partial charge in [-0.1, -0.05) is 36.4 Å². The van der Waals surface area contributed by atoms with Crippen LogP contribution in [0.1, 0.15) is 11.1 Å². The third-order valence-electron chi connectivity index (χ3n) is 3.20. The second-order valence-electron chi connectivity index (χ2n) is 4.68. The Morgan fingerprint density at radius 1 is 1.11 bits per heavy atom. The Balaban J connectivity index is 1.78. The maximum Gasteiger partial charge on any atom is 0.126 e. The molecule has 3 rings (SSSR count). The summed E-state index contributed by atoms with van der Waals surface area (Å²) in [6, 6.07) is 15.8. The molecule has 0 bridgehead atoms. The first-order chi connectivity index (χ1) is 9.33. The van der Waals surface area contributed by atoms with Crippen molar-refractivity contribution in [2.75, 3.05) is 6.61 Å². The van der Waals surface area contributed by atoms with Crippen molar-refractivity contribution in [2.24, 2.45) is 0 Å². The van der Waals surface area contributed by atoms with E-state index in [2.05, 4.69) is 0 Å². The number of fused-ring (bicyclic) bond motifs is 1. The lowest BCUT2D eigenvalue weighted by Gasteiger charge is -2.23. The number of hydrogen-bond donors (Lipinski definition) is 1. The summed E-state index contributed by atoms with van der Waals surface area (Å²) >= 11 is 0. The van der Waals surface area contributed by atoms with Gasteiger partial charge in [-0.25, -0.2) is 0 Å². The Morgan fingerprint density at radius 2 is 1.95 bits per heavy atom. The largest absolute Gasteiger partial charge is 0.490 e. The Hall–Kier alpha value is -2.00. The first-order valence-electron chi connectivity index (χ1n) is 6.42. The van der Waals surface area contributed by atoms with Crippen molar-refractivity contribution in [3.63, 3.8) is 0 Å². The number of rotatable bonds is 3. The maximum atomic E-state index is 9.69. The van der Waals surface area contributed by atoms with Crippen molar-refractivity contribution in [3.05, 3.63) is 59.7 Å². The second-order valence-corrected chi connectivity index (χ2v) is 4.68. The molecule has 3 nitrogen and oxygen atoms in total. The van der Waals surface area contributed by atoms with Crippen LogP contribution in [0, 0.1) is 0 Å². The van der Waals surface area contributed by atoms with Crippen molar-refractivity contribution >= 4 is 0 Å². The first kappa shape index (κ1) is 12.1. The van der Waals surface area contributed by atoms with Gasteiger partial charge in [-0.05, 0) is 17.7 Å². The zero-order valence-corrected chi connectivity index (χ0v) is 10.6. The van der Waals surface area contributed by atoms with Crippen LogP contribution < -0.4 is 9.47 Å². The molecule has 1 unspecified atom stereocenters. The summed E-state index contributed by atoms with van der Waals surface area (Å²) in [4.78, 5) is 0. The van der Waals surface area contributed by atoms with Crippen LogP contribution in [-0.4, -0.2) is 17.8 Å². The molecule has 1 N–H and O–H groups in total. The molecule has 98 valence electrons. The molecule has 1 heterocycles. The van der Waals surface area contributed by atoms with Gasteiger partial charge in [0.25, 0.3) is 0 Å². The monoisotopic (exact) mass is 256 g/mol. The zero-order valence-electron chi connectivity index (χ0n) is 10.6. The van der Waals surface area contributed by atoms with Crippen molar-refractivity contribution in [1.29, 1.82) is 0 Å². The van der Waals surface area contributed by atoms with Gasteiger partial charge in [0.1, 0.15) is 24.7 Å². The summed E-state index contributed by atoms with van der Waals surface area (Å²) in [5, 5.41) is 9.69. The normalized spacial score (nSPS) is 17.4. The predicted octanol–water partition coefficient (Wildman–Crippen LogP) is 2.56. The molecule has 0 fully saturated rings. The number of benzene rings is 2. The van der Waals surface area contributed by atoms with Gasteiger partial charge < -0.3 is 14.6 Å². The highest BCUT2D eigenvalue weighted by molar-refractivity contribution is 5.46. The van der Waals surface area contributed by atoms with Crippen molar-refractivity contribution in [2.45, 2.75) is 19.1 Å². The minimum absolute atomic E-state index is 0.356. The van der Waals surface area contributed by atoms with Crippen LogP contribution in [0.5, 0.6) is 11.5 Å². The molecule has 2 aromatic carbocycles. The van der Waals surface area contributed by atoms with E-state index in [4.69, 9.17) is 9.47 Å². The highest BCUT2D eigenvalue weighted by Gasteiger charge is 2.21. The van der Waals surface area contributed by atoms with Gasteiger partial charge in [0.2, 0.25) is 0 Å². The number of hydrogen-bond acceptors (Lipinski definition) is 3. The molecule has 0 aliphatic carbocycles. The first-order valence-corrected chi connectivity index (χ1v) is 6.42. The van der Waals surface area contributed by atoms with Crippen LogP contribution in [0.3, 0.4) is 0 Å². The molecule has 0 radical (unpaired) electrons. The van der Waals surface area contributed by atoms with Gasteiger partial charge in [0.15, 0.2) is 0 Å². The molecule has 0 saturated heterocycles. The molecule has 1 aliphatic heterocycles. The summed E-state index contributed by atoms with van der Waals surface area (Å²) < 4.78 is 11.3. The van der Waals surface area contributed by atoms with Crippen LogP contribution in [0.2, 0.25) is 0 Å². The fourth-order valence-corrected chi connectivity index (χ4v) is 2.23. The summed E-state index contributed by atoms with van der Waals surface area (Å²) in [7, 11) is 0. The average Bonchev–Trinajstić information content (AvgIpc) is 2.46. The third-order valence-corrected chi connectivity index (χ3v) is 3.20. The summed E-state index contributed by atoms with van der Waals surface area (Å²) in [6.07, 6.45) is 0.134. The second kappa shape index (κ2) is 5.33. The average molecular weight is 256 g/mol. The topological polar surface area (TPSA) is 38.7 Å². The van der Waals surface area contributed by atoms with E-state index in [1.165, 1.54) is 0 Å². The standard InChI is InChI=1S/C16H16O3/c17-13-9-14-15(7-4-8-16(14)19-11-13)18-10-12-5-2-1-3-6-12/h1-8,13,17H,9-11H2. The molecule has 3 heteroatoms. The van der Waals surface area contributed by atoms with Gasteiger partial charge >= 0.3 is 0 Å². The zero-order chi connectivity index (χ0) is 13.1. The van der Waals surface area contributed by atoms with Crippen LogP contribution in [0.15, 0.2) is 48.5 Å². The van der Waals surface area contributed by atoms with E-state index < -0.39 is 6.10 Å². The van der Waals surface area contributed by atoms with E-state index in [0.717, 1.165) is 22.6 Å². The number of ether oxygens (including phenoxy) is 2. The number of aliphatic hydroxyl groups is 1. The SMILES string of the molecule is OC1COc2cccc(OCc3ccccc3)c2C1. The van der Waals surface area contributed by atoms with Crippen LogP contribution >= 0.6 is 0 Å². The molecule has 19 heavy (non-hydrogen) atoms. The Kier molecular flexibility index (Phi) is 3.38. The van der Waals surface area contributed by atoms with E-state index in [-0.39, 0.29) is 0 Å². The van der Waals surface area contributed by atoms with Crippen LogP contribution in [-0.2, 0) is 13.0 Å². The fraction of sp³-hybridized carbons (Fsp3) is 0.250. The number of aliphatic hydroxyl groups excluding tert-OH is 1. The molecule has 0 saturated carbocycles. The van der Waals surface area contributed by atoms with Gasteiger partial charge in [-0.2, -0.15) is 0 Å². The van der Waals surface area contributed by atoms with Gasteiger partial charge in [0, 0.05) is 12.0 Å². The molecule has 2 aromatic rings. The molecule has 0 aromatic heterocycles.